The van der Waals surface area contributed by atoms with Gasteiger partial charge < -0.3 is 15.0 Å². The Labute approximate surface area is 187 Å². The monoisotopic (exact) mass is 474 g/mol. The SMILES string of the molecule is CC[C@@H](C(=O)NC)N(Cc1ccccc1)C(=O)COc1ccc(C(C)(C)C)cc1Br. The number of rotatable bonds is 8. The molecule has 0 spiro atoms. The van der Waals surface area contributed by atoms with Crippen LogP contribution in [0, 0.1) is 0 Å². The zero-order chi connectivity index (χ0) is 22.3. The quantitative estimate of drug-likeness (QED) is 0.603. The van der Waals surface area contributed by atoms with Crippen molar-refractivity contribution < 1.29 is 14.3 Å². The van der Waals surface area contributed by atoms with Crippen LogP contribution in [-0.2, 0) is 21.5 Å². The average molecular weight is 475 g/mol. The average Bonchev–Trinajstić information content (AvgIpc) is 2.72. The van der Waals surface area contributed by atoms with E-state index in [-0.39, 0.29) is 23.8 Å². The molecule has 2 rings (SSSR count). The molecule has 30 heavy (non-hydrogen) atoms. The van der Waals surface area contributed by atoms with Gasteiger partial charge in [-0.25, -0.2) is 0 Å². The van der Waals surface area contributed by atoms with Gasteiger partial charge >= 0.3 is 0 Å². The highest BCUT2D eigenvalue weighted by Gasteiger charge is 2.28. The number of carbonyl (C=O) groups excluding carboxylic acids is 2. The van der Waals surface area contributed by atoms with Gasteiger partial charge in [-0.1, -0.05) is 64.1 Å². The van der Waals surface area contributed by atoms with Gasteiger partial charge in [0, 0.05) is 13.6 Å². The van der Waals surface area contributed by atoms with Gasteiger partial charge in [-0.05, 0) is 51.0 Å². The van der Waals surface area contributed by atoms with Crippen LogP contribution in [0.15, 0.2) is 53.0 Å². The Kier molecular flexibility index (Phi) is 8.47. The molecule has 0 aliphatic rings. The van der Waals surface area contributed by atoms with Gasteiger partial charge in [0.25, 0.3) is 5.91 Å². The summed E-state index contributed by atoms with van der Waals surface area (Å²) < 4.78 is 6.62. The predicted molar refractivity (Wildman–Crippen MR) is 123 cm³/mol. The lowest BCUT2D eigenvalue weighted by molar-refractivity contribution is -0.142. The minimum absolute atomic E-state index is 0.0191. The van der Waals surface area contributed by atoms with Gasteiger partial charge in [0.15, 0.2) is 6.61 Å². The summed E-state index contributed by atoms with van der Waals surface area (Å²) in [4.78, 5) is 27.1. The molecule has 2 aromatic carbocycles. The number of hydrogen-bond acceptors (Lipinski definition) is 3. The second kappa shape index (κ2) is 10.6. The number of carbonyl (C=O) groups is 2. The van der Waals surface area contributed by atoms with Crippen molar-refractivity contribution in [3.63, 3.8) is 0 Å². The van der Waals surface area contributed by atoms with E-state index < -0.39 is 6.04 Å². The molecule has 0 unspecified atom stereocenters. The van der Waals surface area contributed by atoms with E-state index in [1.807, 2.05) is 55.5 Å². The maximum absolute atomic E-state index is 13.1. The van der Waals surface area contributed by atoms with E-state index >= 15 is 0 Å². The maximum atomic E-state index is 13.1. The van der Waals surface area contributed by atoms with E-state index in [1.165, 1.54) is 5.56 Å². The number of amides is 2. The molecule has 1 N–H and O–H groups in total. The standard InChI is InChI=1S/C24H31BrN2O3/c1-6-20(23(29)26-5)27(15-17-10-8-7-9-11-17)22(28)16-30-21-13-12-18(14-19(21)25)24(2,3)4/h7-14,20H,6,15-16H2,1-5H3,(H,26,29)/t20-/m0/s1. The largest absolute Gasteiger partial charge is 0.483 e. The summed E-state index contributed by atoms with van der Waals surface area (Å²) in [6, 6.07) is 15.0. The number of benzene rings is 2. The first-order valence-electron chi connectivity index (χ1n) is 10.1. The van der Waals surface area contributed by atoms with Gasteiger partial charge in [0.1, 0.15) is 11.8 Å². The van der Waals surface area contributed by atoms with Gasteiger partial charge in [0.05, 0.1) is 4.47 Å². The van der Waals surface area contributed by atoms with Crippen LogP contribution in [0.3, 0.4) is 0 Å². The second-order valence-corrected chi connectivity index (χ2v) is 9.08. The lowest BCUT2D eigenvalue weighted by atomic mass is 9.87. The highest BCUT2D eigenvalue weighted by Crippen LogP contribution is 2.31. The maximum Gasteiger partial charge on any atom is 0.261 e. The van der Waals surface area contributed by atoms with E-state index in [4.69, 9.17) is 4.74 Å². The number of nitrogens with one attached hydrogen (secondary N) is 1. The molecule has 0 radical (unpaired) electrons. The van der Waals surface area contributed by atoms with Gasteiger partial charge in [-0.15, -0.1) is 0 Å². The van der Waals surface area contributed by atoms with Crippen LogP contribution in [0.4, 0.5) is 0 Å². The molecule has 0 saturated heterocycles. The van der Waals surface area contributed by atoms with Crippen LogP contribution in [0.5, 0.6) is 5.75 Å². The zero-order valence-electron chi connectivity index (χ0n) is 18.4. The molecule has 6 heteroatoms. The van der Waals surface area contributed by atoms with Crippen molar-refractivity contribution in [2.75, 3.05) is 13.7 Å². The third-order valence-electron chi connectivity index (χ3n) is 4.98. The fraction of sp³-hybridized carbons (Fsp3) is 0.417. The third kappa shape index (κ3) is 6.33. The predicted octanol–water partition coefficient (Wildman–Crippen LogP) is 4.68. The van der Waals surface area contributed by atoms with Gasteiger partial charge in [-0.3, -0.25) is 9.59 Å². The first kappa shape index (κ1) is 23.9. The second-order valence-electron chi connectivity index (χ2n) is 8.23. The summed E-state index contributed by atoms with van der Waals surface area (Å²) in [5.41, 5.74) is 2.15. The van der Waals surface area contributed by atoms with Crippen LogP contribution < -0.4 is 10.1 Å². The van der Waals surface area contributed by atoms with E-state index in [9.17, 15) is 9.59 Å². The van der Waals surface area contributed by atoms with Crippen molar-refractivity contribution in [1.82, 2.24) is 10.2 Å². The van der Waals surface area contributed by atoms with Crippen LogP contribution in [0.25, 0.3) is 0 Å². The van der Waals surface area contributed by atoms with Crippen molar-refractivity contribution in [3.8, 4) is 5.75 Å². The Hall–Kier alpha value is -2.34. The molecule has 162 valence electrons. The van der Waals surface area contributed by atoms with Crippen LogP contribution in [-0.4, -0.2) is 36.4 Å². The van der Waals surface area contributed by atoms with Crippen molar-refractivity contribution in [2.45, 2.75) is 52.1 Å². The smallest absolute Gasteiger partial charge is 0.261 e. The molecule has 0 aliphatic carbocycles. The number of nitrogens with zero attached hydrogens (tertiary/aromatic N) is 1. The molecule has 0 heterocycles. The Morgan fingerprint density at radius 2 is 1.80 bits per heavy atom. The summed E-state index contributed by atoms with van der Waals surface area (Å²) in [6.45, 7) is 8.53. The fourth-order valence-corrected chi connectivity index (χ4v) is 3.67. The minimum atomic E-state index is -0.557. The Bertz CT molecular complexity index is 862. The fourth-order valence-electron chi connectivity index (χ4n) is 3.17. The molecule has 5 nitrogen and oxygen atoms in total. The summed E-state index contributed by atoms with van der Waals surface area (Å²) >= 11 is 3.54. The summed E-state index contributed by atoms with van der Waals surface area (Å²) in [6.07, 6.45) is 0.516. The molecule has 0 bridgehead atoms. The lowest BCUT2D eigenvalue weighted by Crippen LogP contribution is -2.49. The van der Waals surface area contributed by atoms with E-state index in [0.29, 0.717) is 18.7 Å². The number of hydrogen-bond donors (Lipinski definition) is 1. The normalized spacial score (nSPS) is 12.2. The third-order valence-corrected chi connectivity index (χ3v) is 5.60. The summed E-state index contributed by atoms with van der Waals surface area (Å²) in [5.74, 6) is 0.183. The Morgan fingerprint density at radius 1 is 1.13 bits per heavy atom. The first-order chi connectivity index (χ1) is 14.2. The molecule has 0 fully saturated rings. The number of halogens is 1. The van der Waals surface area contributed by atoms with Gasteiger partial charge in [-0.2, -0.15) is 0 Å². The molecule has 2 amide bonds. The lowest BCUT2D eigenvalue weighted by Gasteiger charge is -2.30. The van der Waals surface area contributed by atoms with E-state index in [2.05, 4.69) is 42.0 Å². The summed E-state index contributed by atoms with van der Waals surface area (Å²) in [7, 11) is 1.58. The number of likely N-dealkylation sites (N-methyl/N-ethyl adjacent to an activating group) is 1. The van der Waals surface area contributed by atoms with Gasteiger partial charge in [0.2, 0.25) is 5.91 Å². The highest BCUT2D eigenvalue weighted by atomic mass is 79.9. The molecule has 0 aromatic heterocycles. The van der Waals surface area contributed by atoms with E-state index in [1.54, 1.807) is 11.9 Å². The van der Waals surface area contributed by atoms with E-state index in [0.717, 1.165) is 10.0 Å². The van der Waals surface area contributed by atoms with Crippen molar-refractivity contribution in [1.29, 1.82) is 0 Å². The zero-order valence-corrected chi connectivity index (χ0v) is 20.0. The molecule has 0 saturated carbocycles. The van der Waals surface area contributed by atoms with Crippen LogP contribution in [0.2, 0.25) is 0 Å². The first-order valence-corrected chi connectivity index (χ1v) is 10.9. The topological polar surface area (TPSA) is 58.6 Å². The van der Waals surface area contributed by atoms with Crippen LogP contribution >= 0.6 is 15.9 Å². The number of ether oxygens (including phenoxy) is 1. The van der Waals surface area contributed by atoms with Crippen LogP contribution in [0.1, 0.15) is 45.2 Å². The minimum Gasteiger partial charge on any atom is -0.483 e. The van der Waals surface area contributed by atoms with Crippen molar-refractivity contribution in [3.05, 3.63) is 64.1 Å². The molecular formula is C24H31BrN2O3. The molecular weight excluding hydrogens is 444 g/mol. The van der Waals surface area contributed by atoms with Crippen molar-refractivity contribution >= 4 is 27.7 Å². The summed E-state index contributed by atoms with van der Waals surface area (Å²) in [5, 5.41) is 2.66. The molecule has 0 aliphatic heterocycles. The molecule has 1 atom stereocenters. The molecule has 2 aromatic rings. The Morgan fingerprint density at radius 3 is 2.33 bits per heavy atom. The Balaban J connectivity index is 2.18. The van der Waals surface area contributed by atoms with Crippen molar-refractivity contribution in [2.24, 2.45) is 0 Å². The highest BCUT2D eigenvalue weighted by molar-refractivity contribution is 9.10.